The molecule has 0 saturated heterocycles. The van der Waals surface area contributed by atoms with E-state index in [1.165, 1.54) is 11.3 Å². The van der Waals surface area contributed by atoms with E-state index in [9.17, 15) is 4.79 Å². The van der Waals surface area contributed by atoms with E-state index in [1.54, 1.807) is 24.6 Å². The Morgan fingerprint density at radius 1 is 1.29 bits per heavy atom. The lowest BCUT2D eigenvalue weighted by molar-refractivity contribution is 0.214. The zero-order valence-corrected chi connectivity index (χ0v) is 14.1. The molecule has 0 aliphatic carbocycles. The summed E-state index contributed by atoms with van der Waals surface area (Å²) in [5.74, 6) is 1.22. The van der Waals surface area contributed by atoms with Gasteiger partial charge in [0.2, 0.25) is 0 Å². The van der Waals surface area contributed by atoms with E-state index in [4.69, 9.17) is 9.26 Å². The van der Waals surface area contributed by atoms with Crippen LogP contribution in [0.4, 0.5) is 21.3 Å². The van der Waals surface area contributed by atoms with Gasteiger partial charge in [0, 0.05) is 5.69 Å². The quantitative estimate of drug-likeness (QED) is 0.741. The topological polar surface area (TPSA) is 102 Å². The highest BCUT2D eigenvalue weighted by atomic mass is 32.1. The highest BCUT2D eigenvalue weighted by Crippen LogP contribution is 2.33. The maximum absolute atomic E-state index is 12.0. The zero-order chi connectivity index (χ0) is 17.1. The summed E-state index contributed by atoms with van der Waals surface area (Å²) in [5, 5.41) is 10.1. The van der Waals surface area contributed by atoms with E-state index in [1.807, 2.05) is 19.9 Å². The standard InChI is InChI=1S/C15H15N5O3S/c1-8-5-4-6-11(17-8)18-15(21)22-13-14(24-7-16-13)19-12-9(2)20-23-10(12)3/h4-7,19H,1-3H3,(H,17,18,21). The lowest BCUT2D eigenvalue weighted by Gasteiger charge is -2.07. The number of carbonyl (C=O) groups excluding carboxylic acids is 1. The van der Waals surface area contributed by atoms with Gasteiger partial charge < -0.3 is 14.6 Å². The number of pyridine rings is 1. The third kappa shape index (κ3) is 3.51. The summed E-state index contributed by atoms with van der Waals surface area (Å²) >= 11 is 1.30. The third-order valence-electron chi connectivity index (χ3n) is 3.11. The predicted octanol–water partition coefficient (Wildman–Crippen LogP) is 3.81. The third-order valence-corrected chi connectivity index (χ3v) is 3.84. The fourth-order valence-corrected chi connectivity index (χ4v) is 2.61. The number of carbonyl (C=O) groups is 1. The van der Waals surface area contributed by atoms with Crippen molar-refractivity contribution in [3.63, 3.8) is 0 Å². The summed E-state index contributed by atoms with van der Waals surface area (Å²) in [5.41, 5.74) is 3.81. The Kier molecular flexibility index (Phi) is 4.43. The van der Waals surface area contributed by atoms with Gasteiger partial charge in [-0.05, 0) is 32.9 Å². The molecule has 0 aliphatic rings. The molecular weight excluding hydrogens is 330 g/mol. The highest BCUT2D eigenvalue weighted by Gasteiger charge is 2.17. The predicted molar refractivity (Wildman–Crippen MR) is 90.0 cm³/mol. The first-order valence-electron chi connectivity index (χ1n) is 7.09. The maximum Gasteiger partial charge on any atom is 0.419 e. The second-order valence-corrected chi connectivity index (χ2v) is 5.84. The molecule has 0 aliphatic heterocycles. The first kappa shape index (κ1) is 15.9. The Morgan fingerprint density at radius 3 is 2.83 bits per heavy atom. The normalized spacial score (nSPS) is 10.5. The van der Waals surface area contributed by atoms with Gasteiger partial charge in [-0.15, -0.1) is 11.3 Å². The number of anilines is 3. The van der Waals surface area contributed by atoms with Crippen LogP contribution < -0.4 is 15.4 Å². The zero-order valence-electron chi connectivity index (χ0n) is 13.3. The van der Waals surface area contributed by atoms with Crippen molar-refractivity contribution in [3.05, 3.63) is 40.9 Å². The Morgan fingerprint density at radius 2 is 2.12 bits per heavy atom. The van der Waals surface area contributed by atoms with Crippen molar-refractivity contribution in [2.75, 3.05) is 10.6 Å². The molecule has 0 spiro atoms. The van der Waals surface area contributed by atoms with Crippen molar-refractivity contribution in [3.8, 4) is 5.88 Å². The Balaban J connectivity index is 1.70. The fourth-order valence-electron chi connectivity index (χ4n) is 2.00. The van der Waals surface area contributed by atoms with Crippen LogP contribution in [0.3, 0.4) is 0 Å². The van der Waals surface area contributed by atoms with Crippen molar-refractivity contribution in [2.24, 2.45) is 0 Å². The molecule has 9 heteroatoms. The highest BCUT2D eigenvalue weighted by molar-refractivity contribution is 7.14. The van der Waals surface area contributed by atoms with Crippen molar-refractivity contribution in [2.45, 2.75) is 20.8 Å². The van der Waals surface area contributed by atoms with Gasteiger partial charge in [0.15, 0.2) is 10.8 Å². The molecule has 8 nitrogen and oxygen atoms in total. The van der Waals surface area contributed by atoms with E-state index in [2.05, 4.69) is 25.8 Å². The van der Waals surface area contributed by atoms with Gasteiger partial charge in [-0.25, -0.2) is 14.8 Å². The molecule has 3 aromatic rings. The monoisotopic (exact) mass is 345 g/mol. The smallest absolute Gasteiger partial charge is 0.388 e. The van der Waals surface area contributed by atoms with Gasteiger partial charge in [-0.3, -0.25) is 5.32 Å². The average Bonchev–Trinajstić information content (AvgIpc) is 3.09. The molecular formula is C15H15N5O3S. The molecule has 3 heterocycles. The van der Waals surface area contributed by atoms with Crippen LogP contribution in [0.1, 0.15) is 17.1 Å². The fraction of sp³-hybridized carbons (Fsp3) is 0.200. The van der Waals surface area contributed by atoms with Crippen molar-refractivity contribution < 1.29 is 14.1 Å². The molecule has 2 N–H and O–H groups in total. The summed E-state index contributed by atoms with van der Waals surface area (Å²) in [6.45, 7) is 5.44. The molecule has 24 heavy (non-hydrogen) atoms. The van der Waals surface area contributed by atoms with Crippen LogP contribution >= 0.6 is 11.3 Å². The van der Waals surface area contributed by atoms with Crippen molar-refractivity contribution in [1.29, 1.82) is 0 Å². The number of nitrogens with zero attached hydrogens (tertiary/aromatic N) is 3. The molecule has 0 fully saturated rings. The van der Waals surface area contributed by atoms with E-state index in [0.29, 0.717) is 22.3 Å². The Hall–Kier alpha value is -2.94. The summed E-state index contributed by atoms with van der Waals surface area (Å²) in [4.78, 5) is 20.3. The molecule has 1 amide bonds. The van der Waals surface area contributed by atoms with Crippen molar-refractivity contribution in [1.82, 2.24) is 15.1 Å². The summed E-state index contributed by atoms with van der Waals surface area (Å²) < 4.78 is 10.4. The van der Waals surface area contributed by atoms with Crippen molar-refractivity contribution >= 4 is 33.9 Å². The van der Waals surface area contributed by atoms with E-state index < -0.39 is 6.09 Å². The lowest BCUT2D eigenvalue weighted by atomic mass is 10.3. The Bertz CT molecular complexity index is 854. The van der Waals surface area contributed by atoms with Gasteiger partial charge in [0.05, 0.1) is 5.51 Å². The number of ether oxygens (including phenoxy) is 1. The van der Waals surface area contributed by atoms with Crippen LogP contribution in [0, 0.1) is 20.8 Å². The first-order valence-corrected chi connectivity index (χ1v) is 7.97. The van der Waals surface area contributed by atoms with Gasteiger partial charge in [0.25, 0.3) is 5.88 Å². The van der Waals surface area contributed by atoms with Gasteiger partial charge >= 0.3 is 6.09 Å². The minimum absolute atomic E-state index is 0.171. The molecule has 124 valence electrons. The number of nitrogens with one attached hydrogen (secondary N) is 2. The number of aromatic nitrogens is 3. The van der Waals surface area contributed by atoms with E-state index in [0.717, 1.165) is 11.4 Å². The molecule has 0 unspecified atom stereocenters. The molecule has 0 radical (unpaired) electrons. The number of hydrogen-bond donors (Lipinski definition) is 2. The minimum atomic E-state index is -0.666. The maximum atomic E-state index is 12.0. The van der Waals surface area contributed by atoms with Crippen LogP contribution in [0.5, 0.6) is 5.88 Å². The molecule has 3 rings (SSSR count). The molecule has 0 atom stereocenters. The largest absolute Gasteiger partial charge is 0.419 e. The summed E-state index contributed by atoms with van der Waals surface area (Å²) in [6, 6.07) is 5.31. The van der Waals surface area contributed by atoms with Crippen LogP contribution in [0.15, 0.2) is 28.2 Å². The number of aryl methyl sites for hydroxylation is 3. The van der Waals surface area contributed by atoms with Gasteiger partial charge in [-0.2, -0.15) is 0 Å². The SMILES string of the molecule is Cc1cccc(NC(=O)Oc2ncsc2Nc2c(C)noc2C)n1. The average molecular weight is 345 g/mol. The molecule has 0 aromatic carbocycles. The summed E-state index contributed by atoms with van der Waals surface area (Å²) in [6.07, 6.45) is -0.666. The number of thiazole rings is 1. The van der Waals surface area contributed by atoms with Crippen LogP contribution in [0.2, 0.25) is 0 Å². The van der Waals surface area contributed by atoms with Crippen LogP contribution in [0.25, 0.3) is 0 Å². The van der Waals surface area contributed by atoms with Crippen LogP contribution in [-0.4, -0.2) is 21.2 Å². The lowest BCUT2D eigenvalue weighted by Crippen LogP contribution is -2.18. The number of amides is 1. The van der Waals surface area contributed by atoms with Gasteiger partial charge in [0.1, 0.15) is 17.2 Å². The van der Waals surface area contributed by atoms with E-state index in [-0.39, 0.29) is 5.88 Å². The van der Waals surface area contributed by atoms with E-state index >= 15 is 0 Å². The first-order chi connectivity index (χ1) is 11.5. The number of rotatable bonds is 4. The summed E-state index contributed by atoms with van der Waals surface area (Å²) in [7, 11) is 0. The van der Waals surface area contributed by atoms with Crippen LogP contribution in [-0.2, 0) is 0 Å². The molecule has 3 aromatic heterocycles. The minimum Gasteiger partial charge on any atom is -0.388 e. The second kappa shape index (κ2) is 6.67. The van der Waals surface area contributed by atoms with Gasteiger partial charge in [-0.1, -0.05) is 11.2 Å². The molecule has 0 saturated carbocycles. The Labute approximate surface area is 141 Å². The molecule has 0 bridgehead atoms. The second-order valence-electron chi connectivity index (χ2n) is 4.99. The number of hydrogen-bond acceptors (Lipinski definition) is 8.